The van der Waals surface area contributed by atoms with E-state index in [9.17, 15) is 13.2 Å². The standard InChI is InChI=1S/C6H15N3O3S/c1-5(2)8-6(10)4-9(3)13(7,11)12/h5H,4H2,1-3H3,(H,8,10)(H2,7,11,12). The van der Waals surface area contributed by atoms with Gasteiger partial charge in [-0.3, -0.25) is 4.79 Å². The van der Waals surface area contributed by atoms with Crippen LogP contribution in [0.25, 0.3) is 0 Å². The Morgan fingerprint density at radius 2 is 2.00 bits per heavy atom. The maximum Gasteiger partial charge on any atom is 0.277 e. The van der Waals surface area contributed by atoms with Gasteiger partial charge in [0.2, 0.25) is 5.91 Å². The molecule has 0 radical (unpaired) electrons. The summed E-state index contributed by atoms with van der Waals surface area (Å²) >= 11 is 0. The first-order valence-electron chi connectivity index (χ1n) is 3.77. The number of hydrogen-bond donors (Lipinski definition) is 2. The normalized spacial score (nSPS) is 12.2. The lowest BCUT2D eigenvalue weighted by molar-refractivity contribution is -0.121. The van der Waals surface area contributed by atoms with Gasteiger partial charge in [0.15, 0.2) is 0 Å². The van der Waals surface area contributed by atoms with E-state index in [0.29, 0.717) is 0 Å². The van der Waals surface area contributed by atoms with Crippen LogP contribution in [0.5, 0.6) is 0 Å². The monoisotopic (exact) mass is 209 g/mol. The molecule has 0 aliphatic heterocycles. The van der Waals surface area contributed by atoms with E-state index in [2.05, 4.69) is 5.32 Å². The van der Waals surface area contributed by atoms with Gasteiger partial charge < -0.3 is 5.32 Å². The van der Waals surface area contributed by atoms with E-state index in [1.165, 1.54) is 7.05 Å². The molecular weight excluding hydrogens is 194 g/mol. The van der Waals surface area contributed by atoms with Crippen LogP contribution in [0.3, 0.4) is 0 Å². The second-order valence-electron chi connectivity index (χ2n) is 3.02. The van der Waals surface area contributed by atoms with Crippen LogP contribution in [0, 0.1) is 0 Å². The van der Waals surface area contributed by atoms with Crippen LogP contribution in [0.1, 0.15) is 13.8 Å². The topological polar surface area (TPSA) is 92.5 Å². The maximum atomic E-state index is 11.0. The third-order valence-electron chi connectivity index (χ3n) is 1.25. The summed E-state index contributed by atoms with van der Waals surface area (Å²) in [5.41, 5.74) is 0. The van der Waals surface area contributed by atoms with Gasteiger partial charge in [-0.1, -0.05) is 0 Å². The predicted molar refractivity (Wildman–Crippen MR) is 49.0 cm³/mol. The average molecular weight is 209 g/mol. The van der Waals surface area contributed by atoms with Gasteiger partial charge in [-0.25, -0.2) is 5.14 Å². The van der Waals surface area contributed by atoms with Crippen molar-refractivity contribution in [3.63, 3.8) is 0 Å². The Morgan fingerprint density at radius 1 is 1.54 bits per heavy atom. The quantitative estimate of drug-likeness (QED) is 0.599. The molecular formula is C6H15N3O3S. The number of carbonyl (C=O) groups excluding carboxylic acids is 1. The molecule has 1 amide bonds. The van der Waals surface area contributed by atoms with Gasteiger partial charge in [-0.15, -0.1) is 0 Å². The summed E-state index contributed by atoms with van der Waals surface area (Å²) in [6, 6.07) is -0.0126. The van der Waals surface area contributed by atoms with Crippen molar-refractivity contribution in [2.24, 2.45) is 5.14 Å². The van der Waals surface area contributed by atoms with Crippen molar-refractivity contribution in [1.82, 2.24) is 9.62 Å². The van der Waals surface area contributed by atoms with Gasteiger partial charge in [0.05, 0.1) is 6.54 Å². The first-order valence-corrected chi connectivity index (χ1v) is 5.27. The van der Waals surface area contributed by atoms with Gasteiger partial charge in [-0.05, 0) is 13.8 Å². The fraction of sp³-hybridized carbons (Fsp3) is 0.833. The van der Waals surface area contributed by atoms with E-state index < -0.39 is 10.2 Å². The highest BCUT2D eigenvalue weighted by atomic mass is 32.2. The van der Waals surface area contributed by atoms with E-state index in [0.717, 1.165) is 4.31 Å². The summed E-state index contributed by atoms with van der Waals surface area (Å²) in [6.07, 6.45) is 0. The number of rotatable bonds is 4. The highest BCUT2D eigenvalue weighted by Gasteiger charge is 2.15. The molecule has 0 aliphatic carbocycles. The lowest BCUT2D eigenvalue weighted by Crippen LogP contribution is -2.43. The largest absolute Gasteiger partial charge is 0.353 e. The minimum Gasteiger partial charge on any atom is -0.353 e. The highest BCUT2D eigenvalue weighted by molar-refractivity contribution is 7.86. The van der Waals surface area contributed by atoms with Crippen molar-refractivity contribution < 1.29 is 13.2 Å². The molecule has 0 unspecified atom stereocenters. The van der Waals surface area contributed by atoms with Crippen LogP contribution in [-0.2, 0) is 15.0 Å². The molecule has 0 heterocycles. The average Bonchev–Trinajstić information content (AvgIpc) is 1.82. The van der Waals surface area contributed by atoms with Gasteiger partial charge in [-0.2, -0.15) is 12.7 Å². The summed E-state index contributed by atoms with van der Waals surface area (Å²) in [6.45, 7) is 3.32. The SMILES string of the molecule is CC(C)NC(=O)CN(C)S(N)(=O)=O. The lowest BCUT2D eigenvalue weighted by atomic mass is 10.4. The molecule has 0 aromatic heterocycles. The molecule has 13 heavy (non-hydrogen) atoms. The Bertz CT molecular complexity index is 273. The number of likely N-dealkylation sites (N-methyl/N-ethyl adjacent to an activating group) is 1. The van der Waals surface area contributed by atoms with Crippen LogP contribution in [0.4, 0.5) is 0 Å². The Labute approximate surface area is 78.3 Å². The second kappa shape index (κ2) is 4.54. The smallest absolute Gasteiger partial charge is 0.277 e. The van der Waals surface area contributed by atoms with E-state index in [1.807, 2.05) is 0 Å². The molecule has 0 aromatic carbocycles. The molecule has 0 atom stereocenters. The molecule has 0 fully saturated rings. The molecule has 0 aromatic rings. The minimum absolute atomic E-state index is 0.0126. The Morgan fingerprint density at radius 3 is 2.31 bits per heavy atom. The highest BCUT2D eigenvalue weighted by Crippen LogP contribution is 1.88. The first-order chi connectivity index (χ1) is 5.73. The number of nitrogens with one attached hydrogen (secondary N) is 1. The fourth-order valence-electron chi connectivity index (χ4n) is 0.660. The third-order valence-corrected chi connectivity index (χ3v) is 2.25. The predicted octanol–water partition coefficient (Wildman–Crippen LogP) is -1.35. The van der Waals surface area contributed by atoms with E-state index in [-0.39, 0.29) is 18.5 Å². The second-order valence-corrected chi connectivity index (χ2v) is 4.68. The zero-order chi connectivity index (χ0) is 10.6. The van der Waals surface area contributed by atoms with Crippen molar-refractivity contribution in [1.29, 1.82) is 0 Å². The van der Waals surface area contributed by atoms with Gasteiger partial charge in [0.25, 0.3) is 10.2 Å². The first kappa shape index (κ1) is 12.3. The van der Waals surface area contributed by atoms with Crippen molar-refractivity contribution in [2.75, 3.05) is 13.6 Å². The molecule has 0 aliphatic rings. The third kappa shape index (κ3) is 5.56. The van der Waals surface area contributed by atoms with Crippen molar-refractivity contribution in [3.05, 3.63) is 0 Å². The molecule has 0 saturated carbocycles. The Balaban J connectivity index is 4.08. The Kier molecular flexibility index (Phi) is 4.31. The molecule has 0 bridgehead atoms. The molecule has 3 N–H and O–H groups in total. The van der Waals surface area contributed by atoms with Crippen LogP contribution < -0.4 is 10.5 Å². The van der Waals surface area contributed by atoms with Gasteiger partial charge in [0, 0.05) is 13.1 Å². The molecule has 6 nitrogen and oxygen atoms in total. The molecule has 78 valence electrons. The number of carbonyl (C=O) groups is 1. The van der Waals surface area contributed by atoms with Crippen LogP contribution >= 0.6 is 0 Å². The van der Waals surface area contributed by atoms with Gasteiger partial charge >= 0.3 is 0 Å². The zero-order valence-corrected chi connectivity index (χ0v) is 8.76. The summed E-state index contributed by atoms with van der Waals surface area (Å²) < 4.78 is 22.1. The number of amides is 1. The number of hydrogen-bond acceptors (Lipinski definition) is 3. The van der Waals surface area contributed by atoms with Crippen molar-refractivity contribution in [2.45, 2.75) is 19.9 Å². The van der Waals surface area contributed by atoms with Crippen LogP contribution in [0.2, 0.25) is 0 Å². The minimum atomic E-state index is -3.76. The van der Waals surface area contributed by atoms with E-state index >= 15 is 0 Å². The Hall–Kier alpha value is -0.660. The van der Waals surface area contributed by atoms with E-state index in [1.54, 1.807) is 13.8 Å². The molecule has 7 heteroatoms. The summed E-state index contributed by atoms with van der Waals surface area (Å²) in [5, 5.41) is 7.32. The lowest BCUT2D eigenvalue weighted by Gasteiger charge is -2.14. The van der Waals surface area contributed by atoms with Crippen LogP contribution in [0.15, 0.2) is 0 Å². The summed E-state index contributed by atoms with van der Waals surface area (Å²) in [5.74, 6) is -0.369. The van der Waals surface area contributed by atoms with Crippen molar-refractivity contribution >= 4 is 16.1 Å². The van der Waals surface area contributed by atoms with Crippen LogP contribution in [-0.4, -0.2) is 38.3 Å². The molecule has 0 saturated heterocycles. The summed E-state index contributed by atoms with van der Waals surface area (Å²) in [7, 11) is -2.52. The summed E-state index contributed by atoms with van der Waals surface area (Å²) in [4.78, 5) is 11.0. The van der Waals surface area contributed by atoms with Crippen molar-refractivity contribution in [3.8, 4) is 0 Å². The van der Waals surface area contributed by atoms with Gasteiger partial charge in [0.1, 0.15) is 0 Å². The fourth-order valence-corrected chi connectivity index (χ4v) is 0.957. The maximum absolute atomic E-state index is 11.0. The number of nitrogens with zero attached hydrogens (tertiary/aromatic N) is 1. The molecule has 0 spiro atoms. The molecule has 0 rings (SSSR count). The zero-order valence-electron chi connectivity index (χ0n) is 7.94. The van der Waals surface area contributed by atoms with E-state index in [4.69, 9.17) is 5.14 Å². The number of nitrogens with two attached hydrogens (primary N) is 1.